The van der Waals surface area contributed by atoms with Crippen LogP contribution in [0.3, 0.4) is 0 Å². The highest BCUT2D eigenvalue weighted by atomic mass is 16.4. The van der Waals surface area contributed by atoms with Crippen molar-refractivity contribution in [2.24, 2.45) is 5.92 Å². The average Bonchev–Trinajstić information content (AvgIpc) is 2.28. The zero-order valence-electron chi connectivity index (χ0n) is 11.5. The number of carbonyl (C=O) groups excluding carboxylic acids is 1. The maximum absolute atomic E-state index is 11.9. The molecule has 1 aliphatic carbocycles. The fourth-order valence-electron chi connectivity index (χ4n) is 2.62. The Bertz CT molecular complexity index is 389. The van der Waals surface area contributed by atoms with E-state index < -0.39 is 17.5 Å². The second-order valence-electron chi connectivity index (χ2n) is 5.50. The van der Waals surface area contributed by atoms with Gasteiger partial charge >= 0.3 is 12.0 Å². The molecule has 0 saturated heterocycles. The standard InChI is InChI=1S/C14H22N2O3/c1-4-6-11(3)15-13(19)16-14(12(17)18)8-5-7-10(2)9-14/h1,10-11H,5-9H2,2-3H3,(H,17,18)(H2,15,16,19). The highest BCUT2D eigenvalue weighted by Gasteiger charge is 2.43. The molecule has 5 nitrogen and oxygen atoms in total. The number of carboxylic acids is 1. The number of urea groups is 1. The number of amides is 2. The van der Waals surface area contributed by atoms with E-state index in [0.29, 0.717) is 25.2 Å². The number of hydrogen-bond acceptors (Lipinski definition) is 2. The van der Waals surface area contributed by atoms with Crippen LogP contribution in [0.4, 0.5) is 4.79 Å². The summed E-state index contributed by atoms with van der Waals surface area (Å²) in [6, 6.07) is -0.629. The van der Waals surface area contributed by atoms with E-state index in [1.165, 1.54) is 0 Å². The van der Waals surface area contributed by atoms with Crippen molar-refractivity contribution in [1.82, 2.24) is 10.6 Å². The molecule has 106 valence electrons. The van der Waals surface area contributed by atoms with Crippen molar-refractivity contribution in [3.05, 3.63) is 0 Å². The van der Waals surface area contributed by atoms with Crippen LogP contribution in [0.15, 0.2) is 0 Å². The summed E-state index contributed by atoms with van der Waals surface area (Å²) in [5.41, 5.74) is -1.14. The van der Waals surface area contributed by atoms with Gasteiger partial charge in [-0.05, 0) is 25.7 Å². The lowest BCUT2D eigenvalue weighted by Crippen LogP contribution is -2.59. The first-order valence-corrected chi connectivity index (χ1v) is 6.65. The molecule has 1 fully saturated rings. The molecule has 1 aliphatic rings. The number of terminal acetylenes is 1. The third-order valence-electron chi connectivity index (χ3n) is 3.56. The predicted octanol–water partition coefficient (Wildman–Crippen LogP) is 1.73. The summed E-state index contributed by atoms with van der Waals surface area (Å²) in [5.74, 6) is 1.80. The molecule has 5 heteroatoms. The highest BCUT2D eigenvalue weighted by molar-refractivity contribution is 5.86. The van der Waals surface area contributed by atoms with Gasteiger partial charge in [-0.1, -0.05) is 19.8 Å². The predicted molar refractivity (Wildman–Crippen MR) is 72.6 cm³/mol. The Labute approximate surface area is 114 Å². The van der Waals surface area contributed by atoms with Gasteiger partial charge in [-0.15, -0.1) is 12.3 Å². The van der Waals surface area contributed by atoms with Crippen LogP contribution in [0.5, 0.6) is 0 Å². The molecule has 0 radical (unpaired) electrons. The number of carbonyl (C=O) groups is 2. The molecule has 3 N–H and O–H groups in total. The maximum Gasteiger partial charge on any atom is 0.329 e. The molecule has 1 saturated carbocycles. The largest absolute Gasteiger partial charge is 0.480 e. The number of aliphatic carboxylic acids is 1. The quantitative estimate of drug-likeness (QED) is 0.678. The van der Waals surface area contributed by atoms with Crippen molar-refractivity contribution in [1.29, 1.82) is 0 Å². The summed E-state index contributed by atoms with van der Waals surface area (Å²) in [4.78, 5) is 23.4. The summed E-state index contributed by atoms with van der Waals surface area (Å²) >= 11 is 0. The lowest BCUT2D eigenvalue weighted by atomic mass is 9.76. The van der Waals surface area contributed by atoms with E-state index >= 15 is 0 Å². The minimum Gasteiger partial charge on any atom is -0.480 e. The molecule has 1 rings (SSSR count). The third-order valence-corrected chi connectivity index (χ3v) is 3.56. The van der Waals surface area contributed by atoms with E-state index in [-0.39, 0.29) is 6.04 Å². The van der Waals surface area contributed by atoms with Crippen LogP contribution in [-0.2, 0) is 4.79 Å². The highest BCUT2D eigenvalue weighted by Crippen LogP contribution is 2.32. The van der Waals surface area contributed by atoms with E-state index in [1.54, 1.807) is 6.92 Å². The molecule has 3 unspecified atom stereocenters. The van der Waals surface area contributed by atoms with Crippen LogP contribution >= 0.6 is 0 Å². The van der Waals surface area contributed by atoms with Crippen LogP contribution in [-0.4, -0.2) is 28.7 Å². The monoisotopic (exact) mass is 266 g/mol. The minimum atomic E-state index is -1.14. The Morgan fingerprint density at radius 3 is 2.79 bits per heavy atom. The van der Waals surface area contributed by atoms with Crippen LogP contribution in [0.25, 0.3) is 0 Å². The van der Waals surface area contributed by atoms with Crippen molar-refractivity contribution in [3.8, 4) is 12.3 Å². The van der Waals surface area contributed by atoms with Gasteiger partial charge in [0.2, 0.25) is 0 Å². The molecule has 3 atom stereocenters. The molecule has 0 heterocycles. The van der Waals surface area contributed by atoms with E-state index in [0.717, 1.165) is 12.8 Å². The Morgan fingerprint density at radius 1 is 1.58 bits per heavy atom. The Kier molecular flexibility index (Phi) is 5.22. The topological polar surface area (TPSA) is 78.4 Å². The lowest BCUT2D eigenvalue weighted by Gasteiger charge is -2.37. The van der Waals surface area contributed by atoms with Gasteiger partial charge in [0, 0.05) is 12.5 Å². The van der Waals surface area contributed by atoms with Crippen molar-refractivity contribution in [2.45, 2.75) is 57.5 Å². The Hall–Kier alpha value is -1.70. The Morgan fingerprint density at radius 2 is 2.26 bits per heavy atom. The van der Waals surface area contributed by atoms with Crippen LogP contribution in [0, 0.1) is 18.3 Å². The van der Waals surface area contributed by atoms with Gasteiger partial charge in [-0.3, -0.25) is 0 Å². The zero-order valence-corrected chi connectivity index (χ0v) is 11.5. The molecular weight excluding hydrogens is 244 g/mol. The van der Waals surface area contributed by atoms with Gasteiger partial charge in [0.25, 0.3) is 0 Å². The van der Waals surface area contributed by atoms with E-state index in [2.05, 4.69) is 16.6 Å². The second-order valence-corrected chi connectivity index (χ2v) is 5.50. The molecule has 0 aromatic rings. The average molecular weight is 266 g/mol. The van der Waals surface area contributed by atoms with Gasteiger partial charge in [0.05, 0.1) is 0 Å². The van der Waals surface area contributed by atoms with Crippen LogP contribution < -0.4 is 10.6 Å². The SMILES string of the molecule is C#CCC(C)NC(=O)NC1(C(=O)O)CCCC(C)C1. The first-order valence-electron chi connectivity index (χ1n) is 6.65. The van der Waals surface area contributed by atoms with E-state index in [4.69, 9.17) is 6.42 Å². The summed E-state index contributed by atoms with van der Waals surface area (Å²) in [5, 5.41) is 14.7. The van der Waals surface area contributed by atoms with Crippen molar-refractivity contribution < 1.29 is 14.7 Å². The number of carboxylic acid groups (broad SMARTS) is 1. The number of nitrogens with one attached hydrogen (secondary N) is 2. The molecule has 0 aromatic carbocycles. The van der Waals surface area contributed by atoms with Gasteiger partial charge in [0.1, 0.15) is 5.54 Å². The normalized spacial score (nSPS) is 27.9. The second kappa shape index (κ2) is 6.46. The maximum atomic E-state index is 11.9. The summed E-state index contributed by atoms with van der Waals surface area (Å²) in [6.45, 7) is 3.80. The zero-order chi connectivity index (χ0) is 14.5. The van der Waals surface area contributed by atoms with Crippen molar-refractivity contribution >= 4 is 12.0 Å². The molecule has 0 aliphatic heterocycles. The summed E-state index contributed by atoms with van der Waals surface area (Å²) < 4.78 is 0. The summed E-state index contributed by atoms with van der Waals surface area (Å²) in [6.07, 6.45) is 8.35. The molecule has 0 aromatic heterocycles. The Balaban J connectivity index is 2.66. The third kappa shape index (κ3) is 4.16. The van der Waals surface area contributed by atoms with Gasteiger partial charge in [-0.2, -0.15) is 0 Å². The molecule has 0 bridgehead atoms. The number of hydrogen-bond donors (Lipinski definition) is 3. The van der Waals surface area contributed by atoms with Gasteiger partial charge < -0.3 is 15.7 Å². The fraction of sp³-hybridized carbons (Fsp3) is 0.714. The first-order chi connectivity index (χ1) is 8.89. The molecule has 0 spiro atoms. The van der Waals surface area contributed by atoms with Gasteiger partial charge in [-0.25, -0.2) is 9.59 Å². The smallest absolute Gasteiger partial charge is 0.329 e. The van der Waals surface area contributed by atoms with E-state index in [9.17, 15) is 14.7 Å². The lowest BCUT2D eigenvalue weighted by molar-refractivity contribution is -0.146. The molecule has 19 heavy (non-hydrogen) atoms. The van der Waals surface area contributed by atoms with E-state index in [1.807, 2.05) is 6.92 Å². The van der Waals surface area contributed by atoms with Crippen molar-refractivity contribution in [3.63, 3.8) is 0 Å². The van der Waals surface area contributed by atoms with Crippen LogP contribution in [0.2, 0.25) is 0 Å². The first kappa shape index (κ1) is 15.4. The molecule has 2 amide bonds. The van der Waals surface area contributed by atoms with Crippen molar-refractivity contribution in [2.75, 3.05) is 0 Å². The number of rotatable bonds is 4. The molecular formula is C14H22N2O3. The fourth-order valence-corrected chi connectivity index (χ4v) is 2.62. The van der Waals surface area contributed by atoms with Crippen LogP contribution in [0.1, 0.15) is 46.0 Å². The van der Waals surface area contributed by atoms with Gasteiger partial charge in [0.15, 0.2) is 0 Å². The summed E-state index contributed by atoms with van der Waals surface area (Å²) in [7, 11) is 0. The minimum absolute atomic E-state index is 0.170.